The van der Waals surface area contributed by atoms with Gasteiger partial charge in [0.25, 0.3) is 0 Å². The molecule has 0 saturated carbocycles. The van der Waals surface area contributed by atoms with E-state index in [1.165, 1.54) is 51.7 Å². The first-order chi connectivity index (χ1) is 13.2. The van der Waals surface area contributed by atoms with E-state index in [9.17, 15) is 10.5 Å². The number of rotatable bonds is 7. The molecule has 0 bridgehead atoms. The summed E-state index contributed by atoms with van der Waals surface area (Å²) in [6.07, 6.45) is 7.66. The van der Waals surface area contributed by atoms with Crippen LogP contribution >= 0.6 is 0 Å². The Kier molecular flexibility index (Phi) is 7.38. The summed E-state index contributed by atoms with van der Waals surface area (Å²) in [4.78, 5) is 9.65. The van der Waals surface area contributed by atoms with E-state index in [2.05, 4.69) is 38.7 Å². The molecule has 3 aliphatic rings. The lowest BCUT2D eigenvalue weighted by atomic mass is 10.1. The smallest absolute Gasteiger partial charge is 0.169 e. The maximum atomic E-state index is 9.47. The van der Waals surface area contributed by atoms with Crippen LogP contribution in [0.2, 0.25) is 0 Å². The van der Waals surface area contributed by atoms with Gasteiger partial charge in [0.15, 0.2) is 5.57 Å². The highest BCUT2D eigenvalue weighted by Crippen LogP contribution is 2.23. The molecule has 0 radical (unpaired) electrons. The molecule has 6 nitrogen and oxygen atoms in total. The Labute approximate surface area is 164 Å². The van der Waals surface area contributed by atoms with Crippen LogP contribution in [-0.4, -0.2) is 84.5 Å². The zero-order valence-corrected chi connectivity index (χ0v) is 16.9. The Balaban J connectivity index is 1.56. The largest absolute Gasteiger partial charge is 0.355 e. The summed E-state index contributed by atoms with van der Waals surface area (Å²) in [5, 5.41) is 18.9. The predicted octanol–water partition coefficient (Wildman–Crippen LogP) is 2.22. The SMILES string of the molecule is CC1CCCN1CCCN1CCN(CCN2CCCCC2)C1=C(C#N)C#N. The summed E-state index contributed by atoms with van der Waals surface area (Å²) >= 11 is 0. The van der Waals surface area contributed by atoms with Gasteiger partial charge in [-0.1, -0.05) is 6.42 Å². The van der Waals surface area contributed by atoms with Crippen LogP contribution in [0.25, 0.3) is 0 Å². The van der Waals surface area contributed by atoms with Crippen molar-refractivity contribution in [1.29, 1.82) is 10.5 Å². The van der Waals surface area contributed by atoms with E-state index in [-0.39, 0.29) is 5.57 Å². The van der Waals surface area contributed by atoms with E-state index in [1.54, 1.807) is 0 Å². The van der Waals surface area contributed by atoms with Gasteiger partial charge in [-0.3, -0.25) is 0 Å². The van der Waals surface area contributed by atoms with Crippen LogP contribution < -0.4 is 0 Å². The van der Waals surface area contributed by atoms with Crippen molar-refractivity contribution < 1.29 is 0 Å². The summed E-state index contributed by atoms with van der Waals surface area (Å²) in [6, 6.07) is 4.98. The minimum Gasteiger partial charge on any atom is -0.355 e. The summed E-state index contributed by atoms with van der Waals surface area (Å²) in [6.45, 7) is 11.8. The number of piperidine rings is 1. The van der Waals surface area contributed by atoms with Gasteiger partial charge in [0, 0.05) is 45.3 Å². The number of hydrogen-bond donors (Lipinski definition) is 0. The van der Waals surface area contributed by atoms with Crippen LogP contribution in [-0.2, 0) is 0 Å². The molecule has 0 aromatic heterocycles. The minimum atomic E-state index is 0.278. The fraction of sp³-hybridized carbons (Fsp3) is 0.810. The maximum Gasteiger partial charge on any atom is 0.169 e. The molecule has 1 unspecified atom stereocenters. The molecule has 0 aliphatic carbocycles. The zero-order valence-electron chi connectivity index (χ0n) is 16.9. The third-order valence-electron chi connectivity index (χ3n) is 6.38. The fourth-order valence-corrected chi connectivity index (χ4v) is 4.76. The quantitative estimate of drug-likeness (QED) is 0.641. The molecule has 1 atom stereocenters. The first kappa shape index (κ1) is 20.0. The Hall–Kier alpha value is -1.76. The lowest BCUT2D eigenvalue weighted by molar-refractivity contribution is 0.201. The molecule has 3 aliphatic heterocycles. The third kappa shape index (κ3) is 5.15. The lowest BCUT2D eigenvalue weighted by Gasteiger charge is -2.30. The normalized spacial score (nSPS) is 24.3. The van der Waals surface area contributed by atoms with Crippen molar-refractivity contribution in [3.63, 3.8) is 0 Å². The molecule has 0 N–H and O–H groups in total. The van der Waals surface area contributed by atoms with Gasteiger partial charge in [-0.05, 0) is 58.7 Å². The van der Waals surface area contributed by atoms with Crippen molar-refractivity contribution in [2.24, 2.45) is 0 Å². The molecule has 0 spiro atoms. The van der Waals surface area contributed by atoms with E-state index in [0.717, 1.165) is 51.5 Å². The molecular weight excluding hydrogens is 336 g/mol. The molecule has 0 amide bonds. The van der Waals surface area contributed by atoms with Crippen LogP contribution in [0.5, 0.6) is 0 Å². The molecule has 0 aromatic rings. The van der Waals surface area contributed by atoms with Gasteiger partial charge in [0.2, 0.25) is 0 Å². The summed E-state index contributed by atoms with van der Waals surface area (Å²) in [7, 11) is 0. The van der Waals surface area contributed by atoms with Crippen LogP contribution in [0.15, 0.2) is 11.4 Å². The van der Waals surface area contributed by atoms with Gasteiger partial charge < -0.3 is 19.6 Å². The number of nitrogens with zero attached hydrogens (tertiary/aromatic N) is 6. The van der Waals surface area contributed by atoms with Crippen molar-refractivity contribution in [2.45, 2.75) is 51.5 Å². The van der Waals surface area contributed by atoms with Crippen LogP contribution in [0.1, 0.15) is 45.4 Å². The molecule has 0 aromatic carbocycles. The first-order valence-corrected chi connectivity index (χ1v) is 10.7. The van der Waals surface area contributed by atoms with Gasteiger partial charge in [-0.2, -0.15) is 10.5 Å². The Morgan fingerprint density at radius 1 is 0.852 bits per heavy atom. The first-order valence-electron chi connectivity index (χ1n) is 10.7. The molecule has 27 heavy (non-hydrogen) atoms. The van der Waals surface area contributed by atoms with Crippen molar-refractivity contribution >= 4 is 0 Å². The number of likely N-dealkylation sites (tertiary alicyclic amines) is 2. The van der Waals surface area contributed by atoms with Crippen molar-refractivity contribution in [3.8, 4) is 12.1 Å². The van der Waals surface area contributed by atoms with E-state index in [1.807, 2.05) is 0 Å². The minimum absolute atomic E-state index is 0.278. The Bertz CT molecular complexity index is 579. The number of allylic oxidation sites excluding steroid dienone is 1. The highest BCUT2D eigenvalue weighted by molar-refractivity contribution is 5.40. The van der Waals surface area contributed by atoms with Gasteiger partial charge in [-0.25, -0.2) is 0 Å². The van der Waals surface area contributed by atoms with Gasteiger partial charge in [0.1, 0.15) is 18.0 Å². The third-order valence-corrected chi connectivity index (χ3v) is 6.38. The molecule has 6 heteroatoms. The second-order valence-electron chi connectivity index (χ2n) is 8.18. The number of nitriles is 2. The summed E-state index contributed by atoms with van der Waals surface area (Å²) < 4.78 is 0. The van der Waals surface area contributed by atoms with E-state index in [0.29, 0.717) is 6.04 Å². The Morgan fingerprint density at radius 3 is 2.19 bits per heavy atom. The monoisotopic (exact) mass is 370 g/mol. The fourth-order valence-electron chi connectivity index (χ4n) is 4.76. The molecular formula is C21H34N6. The van der Waals surface area contributed by atoms with Gasteiger partial charge >= 0.3 is 0 Å². The lowest BCUT2D eigenvalue weighted by Crippen LogP contribution is -2.37. The molecule has 3 rings (SSSR count). The van der Waals surface area contributed by atoms with Crippen LogP contribution in [0, 0.1) is 22.7 Å². The topological polar surface area (TPSA) is 60.5 Å². The average molecular weight is 371 g/mol. The van der Waals surface area contributed by atoms with Gasteiger partial charge in [0.05, 0.1) is 0 Å². The second kappa shape index (κ2) is 9.97. The zero-order chi connectivity index (χ0) is 19.1. The molecule has 3 saturated heterocycles. The second-order valence-corrected chi connectivity index (χ2v) is 8.18. The van der Waals surface area contributed by atoms with Crippen LogP contribution in [0.4, 0.5) is 0 Å². The molecule has 148 valence electrons. The maximum absolute atomic E-state index is 9.47. The Morgan fingerprint density at radius 2 is 1.56 bits per heavy atom. The average Bonchev–Trinajstić information content (AvgIpc) is 3.29. The van der Waals surface area contributed by atoms with Crippen molar-refractivity contribution in [2.75, 3.05) is 58.9 Å². The highest BCUT2D eigenvalue weighted by Gasteiger charge is 2.29. The predicted molar refractivity (Wildman–Crippen MR) is 107 cm³/mol. The number of hydrogen-bond acceptors (Lipinski definition) is 6. The van der Waals surface area contributed by atoms with E-state index in [4.69, 9.17) is 0 Å². The molecule has 3 heterocycles. The van der Waals surface area contributed by atoms with Crippen molar-refractivity contribution in [1.82, 2.24) is 19.6 Å². The van der Waals surface area contributed by atoms with Crippen molar-refractivity contribution in [3.05, 3.63) is 11.4 Å². The standard InChI is InChI=1S/C21H34N6/c1-19-7-5-10-25(19)11-6-12-26-15-16-27(21(26)20(17-22)18-23)14-13-24-8-3-2-4-9-24/h19H,2-16H2,1H3. The highest BCUT2D eigenvalue weighted by atomic mass is 15.4. The summed E-state index contributed by atoms with van der Waals surface area (Å²) in [5.41, 5.74) is 0.278. The van der Waals surface area contributed by atoms with E-state index < -0.39 is 0 Å². The van der Waals surface area contributed by atoms with E-state index >= 15 is 0 Å². The summed E-state index contributed by atoms with van der Waals surface area (Å²) in [5.74, 6) is 0.881. The van der Waals surface area contributed by atoms with Gasteiger partial charge in [-0.15, -0.1) is 0 Å². The molecule has 3 fully saturated rings. The van der Waals surface area contributed by atoms with Crippen LogP contribution in [0.3, 0.4) is 0 Å².